The minimum absolute atomic E-state index is 0.0908. The largest absolute Gasteiger partial charge is 0.339 e. The van der Waals surface area contributed by atoms with E-state index in [2.05, 4.69) is 11.8 Å². The Morgan fingerprint density at radius 2 is 1.76 bits per heavy atom. The molecule has 2 fully saturated rings. The van der Waals surface area contributed by atoms with Crippen LogP contribution >= 0.6 is 0 Å². The lowest BCUT2D eigenvalue weighted by molar-refractivity contribution is -0.140. The number of benzene rings is 1. The second-order valence-electron chi connectivity index (χ2n) is 7.47. The van der Waals surface area contributed by atoms with Crippen molar-refractivity contribution in [1.82, 2.24) is 9.80 Å². The monoisotopic (exact) mass is 342 g/mol. The predicted molar refractivity (Wildman–Crippen MR) is 99.4 cm³/mol. The molecule has 0 N–H and O–H groups in total. The van der Waals surface area contributed by atoms with E-state index in [1.165, 1.54) is 6.42 Å². The van der Waals surface area contributed by atoms with Crippen molar-refractivity contribution in [3.05, 3.63) is 35.4 Å². The molecule has 2 amide bonds. The first-order valence-electron chi connectivity index (χ1n) is 9.77. The molecule has 2 aliphatic rings. The number of carbonyl (C=O) groups excluding carboxylic acids is 2. The van der Waals surface area contributed by atoms with Gasteiger partial charge in [-0.15, -0.1) is 0 Å². The summed E-state index contributed by atoms with van der Waals surface area (Å²) < 4.78 is 0. The zero-order valence-corrected chi connectivity index (χ0v) is 15.5. The van der Waals surface area contributed by atoms with E-state index in [-0.39, 0.29) is 11.8 Å². The van der Waals surface area contributed by atoms with Crippen molar-refractivity contribution >= 4 is 11.8 Å². The highest BCUT2D eigenvalue weighted by molar-refractivity contribution is 5.95. The van der Waals surface area contributed by atoms with Gasteiger partial charge in [-0.1, -0.05) is 25.1 Å². The summed E-state index contributed by atoms with van der Waals surface area (Å²) >= 11 is 0. The maximum Gasteiger partial charge on any atom is 0.254 e. The van der Waals surface area contributed by atoms with Gasteiger partial charge in [-0.05, 0) is 57.1 Å². The fraction of sp³-hybridized carbons (Fsp3) is 0.619. The van der Waals surface area contributed by atoms with Crippen LogP contribution in [0.3, 0.4) is 0 Å². The molecule has 3 rings (SSSR count). The summed E-state index contributed by atoms with van der Waals surface area (Å²) in [6.45, 7) is 6.45. The van der Waals surface area contributed by atoms with Gasteiger partial charge >= 0.3 is 0 Å². The summed E-state index contributed by atoms with van der Waals surface area (Å²) in [5.74, 6) is 0.524. The van der Waals surface area contributed by atoms with E-state index >= 15 is 0 Å². The van der Waals surface area contributed by atoms with Gasteiger partial charge in [0.1, 0.15) is 0 Å². The quantitative estimate of drug-likeness (QED) is 0.841. The number of hydrogen-bond acceptors (Lipinski definition) is 2. The van der Waals surface area contributed by atoms with Crippen LogP contribution in [0.1, 0.15) is 61.4 Å². The molecule has 4 heteroatoms. The highest BCUT2D eigenvalue weighted by Gasteiger charge is 2.33. The zero-order chi connectivity index (χ0) is 17.8. The van der Waals surface area contributed by atoms with Crippen molar-refractivity contribution in [3.63, 3.8) is 0 Å². The molecule has 0 radical (unpaired) electrons. The predicted octanol–water partition coefficient (Wildman–Crippen LogP) is 3.64. The van der Waals surface area contributed by atoms with Crippen molar-refractivity contribution in [2.75, 3.05) is 19.6 Å². The van der Waals surface area contributed by atoms with Gasteiger partial charge in [-0.2, -0.15) is 0 Å². The Kier molecular flexibility index (Phi) is 5.77. The van der Waals surface area contributed by atoms with E-state index in [0.29, 0.717) is 25.0 Å². The maximum absolute atomic E-state index is 12.9. The molecule has 2 heterocycles. The maximum atomic E-state index is 12.9. The van der Waals surface area contributed by atoms with Crippen molar-refractivity contribution in [2.45, 2.75) is 58.4 Å². The highest BCUT2D eigenvalue weighted by Crippen LogP contribution is 2.26. The summed E-state index contributed by atoms with van der Waals surface area (Å²) in [7, 11) is 0. The van der Waals surface area contributed by atoms with Gasteiger partial charge in [-0.25, -0.2) is 0 Å². The summed E-state index contributed by atoms with van der Waals surface area (Å²) in [5.41, 5.74) is 1.80. The second kappa shape index (κ2) is 8.03. The normalized spacial score (nSPS) is 22.1. The molecule has 0 spiro atoms. The van der Waals surface area contributed by atoms with Crippen LogP contribution in [-0.4, -0.2) is 47.3 Å². The first kappa shape index (κ1) is 18.0. The van der Waals surface area contributed by atoms with Crippen molar-refractivity contribution in [1.29, 1.82) is 0 Å². The van der Waals surface area contributed by atoms with Crippen LogP contribution < -0.4 is 0 Å². The van der Waals surface area contributed by atoms with E-state index in [1.54, 1.807) is 0 Å². The second-order valence-corrected chi connectivity index (χ2v) is 7.47. The Morgan fingerprint density at radius 1 is 1.04 bits per heavy atom. The molecule has 4 nitrogen and oxygen atoms in total. The molecule has 0 saturated carbocycles. The number of amides is 2. The van der Waals surface area contributed by atoms with Crippen LogP contribution in [0, 0.1) is 12.8 Å². The van der Waals surface area contributed by atoms with Gasteiger partial charge in [-0.3, -0.25) is 9.59 Å². The number of aryl methyl sites for hydroxylation is 1. The van der Waals surface area contributed by atoms with Gasteiger partial charge in [0.05, 0.1) is 0 Å². The third kappa shape index (κ3) is 3.88. The topological polar surface area (TPSA) is 40.6 Å². The minimum Gasteiger partial charge on any atom is -0.339 e. The fourth-order valence-electron chi connectivity index (χ4n) is 4.26. The van der Waals surface area contributed by atoms with E-state index in [4.69, 9.17) is 0 Å². The lowest BCUT2D eigenvalue weighted by Gasteiger charge is -2.39. The van der Waals surface area contributed by atoms with Crippen molar-refractivity contribution in [3.8, 4) is 0 Å². The minimum atomic E-state index is 0.0908. The molecule has 1 unspecified atom stereocenters. The van der Waals surface area contributed by atoms with Gasteiger partial charge in [0.2, 0.25) is 5.91 Å². The molecule has 0 aliphatic carbocycles. The molecule has 0 bridgehead atoms. The highest BCUT2D eigenvalue weighted by atomic mass is 16.2. The van der Waals surface area contributed by atoms with Gasteiger partial charge < -0.3 is 9.80 Å². The smallest absolute Gasteiger partial charge is 0.254 e. The van der Waals surface area contributed by atoms with Crippen LogP contribution in [0.25, 0.3) is 0 Å². The van der Waals surface area contributed by atoms with Gasteiger partial charge in [0, 0.05) is 37.2 Å². The van der Waals surface area contributed by atoms with Crippen molar-refractivity contribution in [2.24, 2.45) is 5.92 Å². The van der Waals surface area contributed by atoms with Crippen LogP contribution in [0.2, 0.25) is 0 Å². The van der Waals surface area contributed by atoms with E-state index in [9.17, 15) is 9.59 Å². The Balaban J connectivity index is 1.59. The van der Waals surface area contributed by atoms with Crippen LogP contribution in [-0.2, 0) is 4.79 Å². The molecule has 0 aromatic heterocycles. The SMILES string of the molecule is CCC1CCCCN1C(=O)C1CCN(C(=O)c2ccccc2C)CC1. The van der Waals surface area contributed by atoms with E-state index in [1.807, 2.05) is 36.1 Å². The summed E-state index contributed by atoms with van der Waals surface area (Å²) in [6, 6.07) is 8.17. The number of likely N-dealkylation sites (tertiary alicyclic amines) is 2. The molecule has 1 aromatic rings. The summed E-state index contributed by atoms with van der Waals surface area (Å²) in [6.07, 6.45) is 6.16. The van der Waals surface area contributed by atoms with Gasteiger partial charge in [0.15, 0.2) is 0 Å². The van der Waals surface area contributed by atoms with Gasteiger partial charge in [0.25, 0.3) is 5.91 Å². The van der Waals surface area contributed by atoms with Crippen LogP contribution in [0.5, 0.6) is 0 Å². The molecular weight excluding hydrogens is 312 g/mol. The number of piperidine rings is 2. The van der Waals surface area contributed by atoms with Crippen molar-refractivity contribution < 1.29 is 9.59 Å². The summed E-state index contributed by atoms with van der Waals surface area (Å²) in [5, 5.41) is 0. The third-order valence-corrected chi connectivity index (χ3v) is 5.89. The average Bonchev–Trinajstić information content (AvgIpc) is 2.67. The van der Waals surface area contributed by atoms with E-state index < -0.39 is 0 Å². The van der Waals surface area contributed by atoms with Crippen LogP contribution in [0.15, 0.2) is 24.3 Å². The Hall–Kier alpha value is -1.84. The molecule has 2 aliphatic heterocycles. The summed E-state index contributed by atoms with van der Waals surface area (Å²) in [4.78, 5) is 29.7. The number of hydrogen-bond donors (Lipinski definition) is 0. The fourth-order valence-corrected chi connectivity index (χ4v) is 4.26. The zero-order valence-electron chi connectivity index (χ0n) is 15.5. The Bertz CT molecular complexity index is 620. The first-order chi connectivity index (χ1) is 12.1. The molecule has 1 aromatic carbocycles. The van der Waals surface area contributed by atoms with E-state index in [0.717, 1.165) is 49.8 Å². The number of carbonyl (C=O) groups is 2. The lowest BCUT2D eigenvalue weighted by atomic mass is 9.91. The first-order valence-corrected chi connectivity index (χ1v) is 9.77. The Morgan fingerprint density at radius 3 is 2.44 bits per heavy atom. The average molecular weight is 342 g/mol. The van der Waals surface area contributed by atoms with Crippen LogP contribution in [0.4, 0.5) is 0 Å². The Labute approximate surface area is 151 Å². The molecule has 136 valence electrons. The number of rotatable bonds is 3. The molecule has 1 atom stereocenters. The lowest BCUT2D eigenvalue weighted by Crippen LogP contribution is -2.49. The number of nitrogens with zero attached hydrogens (tertiary/aromatic N) is 2. The molecule has 2 saturated heterocycles. The third-order valence-electron chi connectivity index (χ3n) is 5.89. The molecule has 25 heavy (non-hydrogen) atoms. The molecular formula is C21H30N2O2. The standard InChI is InChI=1S/C21H30N2O2/c1-3-18-9-6-7-13-23(18)20(24)17-11-14-22(15-12-17)21(25)19-10-5-4-8-16(19)2/h4-5,8,10,17-18H,3,6-7,9,11-15H2,1-2H3.